The van der Waals surface area contributed by atoms with Crippen molar-refractivity contribution in [2.24, 2.45) is 5.92 Å². The van der Waals surface area contributed by atoms with Gasteiger partial charge in [-0.1, -0.05) is 36.4 Å². The van der Waals surface area contributed by atoms with Crippen LogP contribution in [0.25, 0.3) is 0 Å². The third-order valence-electron chi connectivity index (χ3n) is 6.21. The number of nitrogens with zero attached hydrogens (tertiary/aromatic N) is 1. The summed E-state index contributed by atoms with van der Waals surface area (Å²) in [6, 6.07) is 12.4. The second-order valence-corrected chi connectivity index (χ2v) is 8.50. The fourth-order valence-corrected chi connectivity index (χ4v) is 4.57. The molecule has 2 aromatic rings. The van der Waals surface area contributed by atoms with Gasteiger partial charge in [0.25, 0.3) is 5.91 Å². The Morgan fingerprint density at radius 3 is 2.58 bits per heavy atom. The Labute approximate surface area is 189 Å². The molecule has 2 aromatic carbocycles. The Morgan fingerprint density at radius 2 is 1.97 bits per heavy atom. The van der Waals surface area contributed by atoms with Gasteiger partial charge in [-0.2, -0.15) is 13.2 Å². The molecule has 2 N–H and O–H groups in total. The Bertz CT molecular complexity index is 1080. The zero-order valence-corrected chi connectivity index (χ0v) is 18.0. The minimum absolute atomic E-state index is 0.126. The number of Topliss-reactive ketones (excluding diaryl/α,β-unsaturated/α-hetero) is 1. The van der Waals surface area contributed by atoms with E-state index in [0.717, 1.165) is 25.5 Å². The summed E-state index contributed by atoms with van der Waals surface area (Å²) in [5.41, 5.74) is -1.58. The van der Waals surface area contributed by atoms with Crippen LogP contribution in [0.15, 0.2) is 48.5 Å². The number of ketones is 1. The Kier molecular flexibility index (Phi) is 6.00. The minimum atomic E-state index is -4.66. The molecular formula is C24H24F3N3O3. The maximum Gasteiger partial charge on any atom is 0.417 e. The van der Waals surface area contributed by atoms with E-state index in [9.17, 15) is 22.8 Å². The summed E-state index contributed by atoms with van der Waals surface area (Å²) in [7, 11) is 0. The van der Waals surface area contributed by atoms with Gasteiger partial charge in [0.15, 0.2) is 11.7 Å². The van der Waals surface area contributed by atoms with Crippen LogP contribution in [-0.4, -0.2) is 35.8 Å². The van der Waals surface area contributed by atoms with Crippen LogP contribution in [0.3, 0.4) is 0 Å². The molecule has 2 saturated heterocycles. The van der Waals surface area contributed by atoms with Gasteiger partial charge in [-0.05, 0) is 48.9 Å². The molecule has 0 aromatic heterocycles. The van der Waals surface area contributed by atoms with Crippen molar-refractivity contribution in [3.05, 3.63) is 70.8 Å². The monoisotopic (exact) mass is 459 g/mol. The van der Waals surface area contributed by atoms with Gasteiger partial charge >= 0.3 is 6.18 Å². The summed E-state index contributed by atoms with van der Waals surface area (Å²) in [6.45, 7) is 2.09. The van der Waals surface area contributed by atoms with Crippen LogP contribution in [0, 0.1) is 11.3 Å². The lowest BCUT2D eigenvalue weighted by Crippen LogP contribution is -2.45. The molecule has 0 aliphatic carbocycles. The Morgan fingerprint density at radius 1 is 1.24 bits per heavy atom. The third kappa shape index (κ3) is 4.37. The first-order chi connectivity index (χ1) is 15.6. The van der Waals surface area contributed by atoms with E-state index in [1.54, 1.807) is 0 Å². The molecule has 2 fully saturated rings. The smallest absolute Gasteiger partial charge is 0.381 e. The van der Waals surface area contributed by atoms with Crippen molar-refractivity contribution in [1.29, 1.82) is 5.41 Å². The van der Waals surface area contributed by atoms with E-state index in [1.807, 2.05) is 30.3 Å². The summed E-state index contributed by atoms with van der Waals surface area (Å²) in [6.07, 6.45) is -3.43. The van der Waals surface area contributed by atoms with E-state index < -0.39 is 28.6 Å². The van der Waals surface area contributed by atoms with Gasteiger partial charge in [-0.3, -0.25) is 19.9 Å². The molecule has 0 spiro atoms. The van der Waals surface area contributed by atoms with Gasteiger partial charge < -0.3 is 10.1 Å². The maximum absolute atomic E-state index is 13.7. The van der Waals surface area contributed by atoms with Crippen LogP contribution in [0.2, 0.25) is 0 Å². The molecule has 174 valence electrons. The number of amides is 1. The number of benzene rings is 2. The molecule has 4 rings (SSSR count). The Balaban J connectivity index is 1.67. The van der Waals surface area contributed by atoms with E-state index >= 15 is 0 Å². The third-order valence-corrected chi connectivity index (χ3v) is 6.21. The van der Waals surface area contributed by atoms with E-state index in [4.69, 9.17) is 10.1 Å². The zero-order valence-electron chi connectivity index (χ0n) is 18.0. The number of carbonyl (C=O) groups is 2. The minimum Gasteiger partial charge on any atom is -0.381 e. The zero-order chi connectivity index (χ0) is 23.8. The first-order valence-corrected chi connectivity index (χ1v) is 10.6. The van der Waals surface area contributed by atoms with Crippen LogP contribution in [0.5, 0.6) is 0 Å². The first-order valence-electron chi connectivity index (χ1n) is 10.6. The number of hydrogen-bond donors (Lipinski definition) is 2. The number of rotatable bonds is 6. The number of guanidine groups is 1. The molecule has 2 heterocycles. The van der Waals surface area contributed by atoms with E-state index in [2.05, 4.69) is 5.32 Å². The van der Waals surface area contributed by atoms with Gasteiger partial charge in [0.2, 0.25) is 0 Å². The van der Waals surface area contributed by atoms with Crippen LogP contribution in [-0.2, 0) is 27.8 Å². The van der Waals surface area contributed by atoms with Gasteiger partial charge in [0.05, 0.1) is 12.1 Å². The lowest BCUT2D eigenvalue weighted by atomic mass is 9.81. The first kappa shape index (κ1) is 23.0. The molecule has 2 aliphatic heterocycles. The van der Waals surface area contributed by atoms with Crippen LogP contribution < -0.4 is 5.32 Å². The summed E-state index contributed by atoms with van der Waals surface area (Å²) in [4.78, 5) is 26.8. The number of ether oxygens (including phenoxy) is 1. The Hall–Kier alpha value is -3.20. The highest BCUT2D eigenvalue weighted by Crippen LogP contribution is 2.38. The molecule has 33 heavy (non-hydrogen) atoms. The molecular weight excluding hydrogens is 435 g/mol. The number of nitrogens with one attached hydrogen (secondary N) is 2. The van der Waals surface area contributed by atoms with Crippen molar-refractivity contribution in [1.82, 2.24) is 10.2 Å². The molecule has 1 amide bonds. The molecule has 0 bridgehead atoms. The quantitative estimate of drug-likeness (QED) is 0.638. The van der Waals surface area contributed by atoms with Gasteiger partial charge in [-0.15, -0.1) is 0 Å². The fraction of sp³-hybridized carbons (Fsp3) is 0.375. The number of halogens is 3. The van der Waals surface area contributed by atoms with Crippen LogP contribution in [0.1, 0.15) is 46.8 Å². The largest absolute Gasteiger partial charge is 0.417 e. The second-order valence-electron chi connectivity index (χ2n) is 8.50. The standard InChI is InChI=1S/C24H24F3N3O3/c1-15(31)19-11-16(7-8-20(19)24(25,26)27)13-30-21(32)23(29-22(30)28,12-17-9-10-33-14-17)18-5-3-2-4-6-18/h2-8,11,17H,9-10,12-14H2,1H3,(H2,28,29)/t17-,23?/m0/s1. The van der Waals surface area contributed by atoms with Gasteiger partial charge in [0, 0.05) is 18.8 Å². The van der Waals surface area contributed by atoms with Crippen molar-refractivity contribution in [2.45, 2.75) is 38.0 Å². The average Bonchev–Trinajstić information content (AvgIpc) is 3.36. The predicted octanol–water partition coefficient (Wildman–Crippen LogP) is 4.10. The van der Waals surface area contributed by atoms with Crippen LogP contribution in [0.4, 0.5) is 13.2 Å². The summed E-state index contributed by atoms with van der Waals surface area (Å²) in [5.74, 6) is -1.07. The highest BCUT2D eigenvalue weighted by atomic mass is 19.4. The fourth-order valence-electron chi connectivity index (χ4n) is 4.57. The molecule has 2 atom stereocenters. The van der Waals surface area contributed by atoms with Crippen molar-refractivity contribution < 1.29 is 27.5 Å². The van der Waals surface area contributed by atoms with Crippen molar-refractivity contribution >= 4 is 17.6 Å². The van der Waals surface area contributed by atoms with Gasteiger partial charge in [0.1, 0.15) is 5.54 Å². The normalized spacial score (nSPS) is 23.2. The van der Waals surface area contributed by atoms with Crippen molar-refractivity contribution in [3.8, 4) is 0 Å². The number of hydrogen-bond acceptors (Lipinski definition) is 4. The lowest BCUT2D eigenvalue weighted by Gasteiger charge is -2.30. The summed E-state index contributed by atoms with van der Waals surface area (Å²) in [5, 5.41) is 11.5. The molecule has 1 unspecified atom stereocenters. The maximum atomic E-state index is 13.7. The van der Waals surface area contributed by atoms with Crippen molar-refractivity contribution in [2.75, 3.05) is 13.2 Å². The van der Waals surface area contributed by atoms with Gasteiger partial charge in [-0.25, -0.2) is 0 Å². The SMILES string of the molecule is CC(=O)c1cc(CN2C(=N)NC(C[C@@H]3CCOC3)(c3ccccc3)C2=O)ccc1C(F)(F)F. The molecule has 9 heteroatoms. The molecule has 2 aliphatic rings. The highest BCUT2D eigenvalue weighted by Gasteiger charge is 2.52. The number of carbonyl (C=O) groups excluding carboxylic acids is 2. The van der Waals surface area contributed by atoms with E-state index in [0.29, 0.717) is 30.8 Å². The van der Waals surface area contributed by atoms with Crippen LogP contribution >= 0.6 is 0 Å². The number of alkyl halides is 3. The molecule has 0 saturated carbocycles. The highest BCUT2D eigenvalue weighted by molar-refractivity contribution is 6.08. The summed E-state index contributed by atoms with van der Waals surface area (Å²) >= 11 is 0. The van der Waals surface area contributed by atoms with E-state index in [-0.39, 0.29) is 24.3 Å². The topological polar surface area (TPSA) is 82.5 Å². The predicted molar refractivity (Wildman–Crippen MR) is 115 cm³/mol. The lowest BCUT2D eigenvalue weighted by molar-refractivity contribution is -0.138. The van der Waals surface area contributed by atoms with E-state index in [1.165, 1.54) is 11.0 Å². The molecule has 0 radical (unpaired) electrons. The average molecular weight is 459 g/mol. The molecule has 6 nitrogen and oxygen atoms in total. The summed E-state index contributed by atoms with van der Waals surface area (Å²) < 4.78 is 45.3. The second kappa shape index (κ2) is 8.62. The van der Waals surface area contributed by atoms with Crippen molar-refractivity contribution in [3.63, 3.8) is 0 Å².